The topological polar surface area (TPSA) is 17.3 Å². The molecule has 2 aromatic heterocycles. The minimum absolute atomic E-state index is 1.12. The van der Waals surface area contributed by atoms with Crippen molar-refractivity contribution in [2.75, 3.05) is 0 Å². The zero-order valence-electron chi connectivity index (χ0n) is 10.4. The maximum atomic E-state index is 4.64. The van der Waals surface area contributed by atoms with Crippen molar-refractivity contribution in [3.63, 3.8) is 0 Å². The van der Waals surface area contributed by atoms with Gasteiger partial charge in [-0.05, 0) is 58.2 Å². The van der Waals surface area contributed by atoms with Crippen molar-refractivity contribution < 1.29 is 0 Å². The third kappa shape index (κ3) is 1.21. The Kier molecular flexibility index (Phi) is 2.10. The Hall–Kier alpha value is -1.31. The van der Waals surface area contributed by atoms with Gasteiger partial charge in [0.05, 0.1) is 5.69 Å². The van der Waals surface area contributed by atoms with Crippen LogP contribution in [-0.2, 0) is 0 Å². The maximum Gasteiger partial charge on any atom is 0.140 e. The molecular formula is C13H18N2. The molecule has 80 valence electrons. The predicted molar refractivity (Wildman–Crippen MR) is 63.6 cm³/mol. The molecule has 0 aromatic carbocycles. The molecule has 2 rings (SSSR count). The minimum atomic E-state index is 1.12. The summed E-state index contributed by atoms with van der Waals surface area (Å²) in [6, 6.07) is 0. The van der Waals surface area contributed by atoms with Gasteiger partial charge in [0.2, 0.25) is 0 Å². The molecule has 0 fully saturated rings. The fraction of sp³-hybridized carbons (Fsp3) is 0.462. The lowest BCUT2D eigenvalue weighted by Crippen LogP contribution is -2.02. The van der Waals surface area contributed by atoms with E-state index in [1.807, 2.05) is 0 Å². The van der Waals surface area contributed by atoms with E-state index in [0.29, 0.717) is 0 Å². The van der Waals surface area contributed by atoms with Gasteiger partial charge in [-0.15, -0.1) is 0 Å². The van der Waals surface area contributed by atoms with Crippen LogP contribution >= 0.6 is 0 Å². The van der Waals surface area contributed by atoms with Crippen molar-refractivity contribution in [3.8, 4) is 0 Å². The highest BCUT2D eigenvalue weighted by atomic mass is 15.0. The first-order chi connectivity index (χ1) is 6.95. The molecule has 0 saturated carbocycles. The number of fused-ring (bicyclic) bond motifs is 1. The van der Waals surface area contributed by atoms with E-state index >= 15 is 0 Å². The molecule has 0 radical (unpaired) electrons. The first-order valence-electron chi connectivity index (χ1n) is 5.37. The molecule has 0 N–H and O–H groups in total. The Labute approximate surface area is 91.0 Å². The monoisotopic (exact) mass is 202 g/mol. The molecule has 0 aliphatic carbocycles. The molecule has 2 heteroatoms. The van der Waals surface area contributed by atoms with Gasteiger partial charge in [0, 0.05) is 11.4 Å². The Morgan fingerprint density at radius 2 is 1.33 bits per heavy atom. The van der Waals surface area contributed by atoms with Gasteiger partial charge in [-0.3, -0.25) is 0 Å². The van der Waals surface area contributed by atoms with Gasteiger partial charge in [0.15, 0.2) is 0 Å². The molecule has 2 nitrogen and oxygen atoms in total. The lowest BCUT2D eigenvalue weighted by molar-refractivity contribution is 0.988. The molecule has 2 aromatic rings. The summed E-state index contributed by atoms with van der Waals surface area (Å²) in [5.41, 5.74) is 8.86. The van der Waals surface area contributed by atoms with Crippen LogP contribution in [0.3, 0.4) is 0 Å². The van der Waals surface area contributed by atoms with Crippen molar-refractivity contribution in [1.29, 1.82) is 0 Å². The van der Waals surface area contributed by atoms with E-state index < -0.39 is 0 Å². The summed E-state index contributed by atoms with van der Waals surface area (Å²) in [6.07, 6.45) is 0. The summed E-state index contributed by atoms with van der Waals surface area (Å²) < 4.78 is 2.27. The van der Waals surface area contributed by atoms with Gasteiger partial charge < -0.3 is 4.40 Å². The van der Waals surface area contributed by atoms with Gasteiger partial charge in [-0.2, -0.15) is 0 Å². The van der Waals surface area contributed by atoms with Crippen molar-refractivity contribution >= 4 is 5.65 Å². The third-order valence-electron chi connectivity index (χ3n) is 3.68. The highest BCUT2D eigenvalue weighted by Crippen LogP contribution is 2.24. The summed E-state index contributed by atoms with van der Waals surface area (Å²) in [5, 5.41) is 0. The third-order valence-corrected chi connectivity index (χ3v) is 3.68. The number of pyridine rings is 1. The van der Waals surface area contributed by atoms with E-state index in [-0.39, 0.29) is 0 Å². The number of hydrogen-bond donors (Lipinski definition) is 0. The summed E-state index contributed by atoms with van der Waals surface area (Å²) in [7, 11) is 0. The van der Waals surface area contributed by atoms with E-state index in [1.165, 1.54) is 28.1 Å². The Balaban J connectivity index is 3.07. The van der Waals surface area contributed by atoms with Crippen molar-refractivity contribution in [2.45, 2.75) is 41.5 Å². The summed E-state index contributed by atoms with van der Waals surface area (Å²) in [4.78, 5) is 4.64. The molecule has 0 spiro atoms. The lowest BCUT2D eigenvalue weighted by atomic mass is 10.0. The molecule has 0 atom stereocenters. The highest BCUT2D eigenvalue weighted by Gasteiger charge is 2.13. The molecular weight excluding hydrogens is 184 g/mol. The van der Waals surface area contributed by atoms with Crippen molar-refractivity contribution in [3.05, 3.63) is 33.8 Å². The van der Waals surface area contributed by atoms with Crippen molar-refractivity contribution in [2.24, 2.45) is 0 Å². The maximum absolute atomic E-state index is 4.64. The summed E-state index contributed by atoms with van der Waals surface area (Å²) >= 11 is 0. The molecule has 15 heavy (non-hydrogen) atoms. The number of hydrogen-bond acceptors (Lipinski definition) is 1. The zero-order chi connectivity index (χ0) is 11.3. The Bertz CT molecular complexity index is 548. The molecule has 0 aliphatic rings. The van der Waals surface area contributed by atoms with Gasteiger partial charge in [0.1, 0.15) is 5.65 Å². The van der Waals surface area contributed by atoms with Gasteiger partial charge in [-0.1, -0.05) is 0 Å². The fourth-order valence-corrected chi connectivity index (χ4v) is 2.16. The van der Waals surface area contributed by atoms with Gasteiger partial charge in [-0.25, -0.2) is 4.98 Å². The van der Waals surface area contributed by atoms with Crippen LogP contribution in [0, 0.1) is 41.5 Å². The van der Waals surface area contributed by atoms with Gasteiger partial charge >= 0.3 is 0 Å². The fourth-order valence-electron chi connectivity index (χ4n) is 2.16. The number of rotatable bonds is 0. The summed E-state index contributed by atoms with van der Waals surface area (Å²) in [5.74, 6) is 0. The van der Waals surface area contributed by atoms with E-state index in [4.69, 9.17) is 0 Å². The number of aromatic nitrogens is 2. The zero-order valence-corrected chi connectivity index (χ0v) is 10.4. The smallest absolute Gasteiger partial charge is 0.140 e. The van der Waals surface area contributed by atoms with Crippen LogP contribution in [0.25, 0.3) is 5.65 Å². The number of imidazole rings is 1. The average molecular weight is 202 g/mol. The van der Waals surface area contributed by atoms with E-state index in [9.17, 15) is 0 Å². The molecule has 0 saturated heterocycles. The molecule has 0 amide bonds. The second-order valence-electron chi connectivity index (χ2n) is 4.40. The average Bonchev–Trinajstić information content (AvgIpc) is 2.50. The van der Waals surface area contributed by atoms with E-state index in [2.05, 4.69) is 50.9 Å². The van der Waals surface area contributed by atoms with E-state index in [1.54, 1.807) is 0 Å². The second kappa shape index (κ2) is 3.09. The molecule has 0 bridgehead atoms. The predicted octanol–water partition coefficient (Wildman–Crippen LogP) is 3.18. The SMILES string of the molecule is Cc1nc2c(C)c(C)c(C)c(C)n2c1C. The first-order valence-corrected chi connectivity index (χ1v) is 5.37. The number of aryl methyl sites for hydroxylation is 4. The first kappa shape index (κ1) is 10.2. The Morgan fingerprint density at radius 3 is 1.93 bits per heavy atom. The van der Waals surface area contributed by atoms with Gasteiger partial charge in [0.25, 0.3) is 0 Å². The van der Waals surface area contributed by atoms with Crippen LogP contribution in [0.4, 0.5) is 0 Å². The van der Waals surface area contributed by atoms with Crippen LogP contribution in [0.1, 0.15) is 33.8 Å². The highest BCUT2D eigenvalue weighted by molar-refractivity contribution is 5.57. The van der Waals surface area contributed by atoms with Crippen LogP contribution in [0.2, 0.25) is 0 Å². The van der Waals surface area contributed by atoms with Crippen LogP contribution in [0.5, 0.6) is 0 Å². The molecule has 0 aliphatic heterocycles. The standard InChI is InChI=1S/C13H18N2/c1-7-8(2)11(5)15-12(6)10(4)14-13(15)9(7)3/h1-6H3. The summed E-state index contributed by atoms with van der Waals surface area (Å²) in [6.45, 7) is 12.9. The molecule has 2 heterocycles. The normalized spacial score (nSPS) is 11.3. The Morgan fingerprint density at radius 1 is 0.733 bits per heavy atom. The molecule has 0 unspecified atom stereocenters. The minimum Gasteiger partial charge on any atom is -0.301 e. The second-order valence-corrected chi connectivity index (χ2v) is 4.40. The van der Waals surface area contributed by atoms with Crippen LogP contribution in [-0.4, -0.2) is 9.38 Å². The lowest BCUT2D eigenvalue weighted by Gasteiger charge is -2.12. The van der Waals surface area contributed by atoms with Crippen LogP contribution < -0.4 is 0 Å². The largest absolute Gasteiger partial charge is 0.301 e. The number of nitrogens with zero attached hydrogens (tertiary/aromatic N) is 2. The van der Waals surface area contributed by atoms with Crippen molar-refractivity contribution in [1.82, 2.24) is 9.38 Å². The quantitative estimate of drug-likeness (QED) is 0.641. The van der Waals surface area contributed by atoms with Crippen LogP contribution in [0.15, 0.2) is 0 Å². The van der Waals surface area contributed by atoms with E-state index in [0.717, 1.165) is 11.3 Å².